The fourth-order valence-corrected chi connectivity index (χ4v) is 3.70. The van der Waals surface area contributed by atoms with E-state index in [4.69, 9.17) is 0 Å². The minimum atomic E-state index is -0.580. The smallest absolute Gasteiger partial charge is 0.289 e. The van der Waals surface area contributed by atoms with Gasteiger partial charge in [-0.2, -0.15) is 0 Å². The maximum Gasteiger partial charge on any atom is 0.289 e. The molecule has 1 aromatic carbocycles. The molecule has 0 unspecified atom stereocenters. The molecule has 0 bridgehead atoms. The topological polar surface area (TPSA) is 75.2 Å². The molecule has 1 saturated heterocycles. The van der Waals surface area contributed by atoms with Crippen LogP contribution < -0.4 is 5.32 Å². The summed E-state index contributed by atoms with van der Waals surface area (Å²) in [6, 6.07) is 9.16. The number of hydrogen-bond donors (Lipinski definition) is 1. The van der Waals surface area contributed by atoms with E-state index < -0.39 is 11.9 Å². The van der Waals surface area contributed by atoms with Crippen molar-refractivity contribution in [3.8, 4) is 11.1 Å². The number of hydrogen-bond acceptors (Lipinski definition) is 4. The molecule has 1 spiro atoms. The second kappa shape index (κ2) is 7.10. The molecule has 1 aliphatic heterocycles. The number of nitrogens with one attached hydrogen (secondary N) is 1. The molecular weight excluding hydrogens is 340 g/mol. The average molecular weight is 364 g/mol. The third-order valence-corrected chi connectivity index (χ3v) is 5.77. The van der Waals surface area contributed by atoms with Gasteiger partial charge in [0.1, 0.15) is 6.04 Å². The molecule has 27 heavy (non-hydrogen) atoms. The zero-order valence-corrected chi connectivity index (χ0v) is 15.5. The Morgan fingerprint density at radius 3 is 2.22 bits per heavy atom. The van der Waals surface area contributed by atoms with Crippen molar-refractivity contribution in [2.45, 2.75) is 38.6 Å². The Balaban J connectivity index is 1.34. The lowest BCUT2D eigenvalue weighted by Gasteiger charge is -2.33. The van der Waals surface area contributed by atoms with Gasteiger partial charge in [0.2, 0.25) is 11.7 Å². The predicted octanol–water partition coefficient (Wildman–Crippen LogP) is 2.66. The van der Waals surface area contributed by atoms with Gasteiger partial charge in [0, 0.05) is 31.0 Å². The van der Waals surface area contributed by atoms with E-state index in [9.17, 15) is 9.59 Å². The highest BCUT2D eigenvalue weighted by Gasteiger charge is 2.45. The molecule has 1 aliphatic carbocycles. The van der Waals surface area contributed by atoms with Gasteiger partial charge in [0.05, 0.1) is 0 Å². The number of piperidine rings is 1. The Labute approximate surface area is 159 Å². The third-order valence-electron chi connectivity index (χ3n) is 5.77. The SMILES string of the molecule is C[C@@H](NC(=O)c1ncc(-c2ccccc2)cn1)C(=O)N1CCC2(CC1)CC2. The maximum atomic E-state index is 12.6. The molecule has 2 fully saturated rings. The molecular formula is C21H24N4O2. The van der Waals surface area contributed by atoms with Crippen LogP contribution in [0.2, 0.25) is 0 Å². The van der Waals surface area contributed by atoms with Crippen molar-refractivity contribution in [1.29, 1.82) is 0 Å². The highest BCUT2D eigenvalue weighted by molar-refractivity contribution is 5.94. The average Bonchev–Trinajstić information content (AvgIpc) is 3.47. The van der Waals surface area contributed by atoms with E-state index in [1.807, 2.05) is 35.2 Å². The summed E-state index contributed by atoms with van der Waals surface area (Å²) in [5.74, 6) is -0.379. The molecule has 2 amide bonds. The van der Waals surface area contributed by atoms with Crippen molar-refractivity contribution in [1.82, 2.24) is 20.2 Å². The first-order chi connectivity index (χ1) is 13.1. The van der Waals surface area contributed by atoms with Crippen LogP contribution >= 0.6 is 0 Å². The van der Waals surface area contributed by atoms with E-state index in [-0.39, 0.29) is 11.7 Å². The minimum Gasteiger partial charge on any atom is -0.341 e. The van der Waals surface area contributed by atoms with Crippen LogP contribution in [0.15, 0.2) is 42.7 Å². The van der Waals surface area contributed by atoms with Crippen molar-refractivity contribution < 1.29 is 9.59 Å². The zero-order chi connectivity index (χ0) is 18.9. The molecule has 1 saturated carbocycles. The van der Waals surface area contributed by atoms with E-state index in [0.29, 0.717) is 5.41 Å². The largest absolute Gasteiger partial charge is 0.341 e. The molecule has 2 aliphatic rings. The maximum absolute atomic E-state index is 12.6. The molecule has 1 N–H and O–H groups in total. The summed E-state index contributed by atoms with van der Waals surface area (Å²) in [6.45, 7) is 3.31. The number of amides is 2. The standard InChI is InChI=1S/C21H24N4O2/c1-15(20(27)25-11-9-21(7-8-21)10-12-25)24-19(26)18-22-13-17(14-23-18)16-5-3-2-4-6-16/h2-6,13-15H,7-12H2,1H3,(H,24,26)/t15-/m1/s1. The zero-order valence-electron chi connectivity index (χ0n) is 15.5. The summed E-state index contributed by atoms with van der Waals surface area (Å²) >= 11 is 0. The van der Waals surface area contributed by atoms with Crippen LogP contribution in [-0.4, -0.2) is 45.8 Å². The highest BCUT2D eigenvalue weighted by Crippen LogP contribution is 2.53. The number of benzene rings is 1. The molecule has 2 aromatic rings. The Hall–Kier alpha value is -2.76. The number of nitrogens with zero attached hydrogens (tertiary/aromatic N) is 3. The normalized spacial score (nSPS) is 18.8. The van der Waals surface area contributed by atoms with Crippen molar-refractivity contribution in [2.24, 2.45) is 5.41 Å². The van der Waals surface area contributed by atoms with Gasteiger partial charge in [0.15, 0.2) is 0 Å². The van der Waals surface area contributed by atoms with Gasteiger partial charge in [-0.05, 0) is 43.6 Å². The summed E-state index contributed by atoms with van der Waals surface area (Å²) in [4.78, 5) is 35.2. The second-order valence-electron chi connectivity index (χ2n) is 7.68. The molecule has 6 heteroatoms. The van der Waals surface area contributed by atoms with E-state index in [2.05, 4.69) is 15.3 Å². The van der Waals surface area contributed by atoms with Gasteiger partial charge in [-0.25, -0.2) is 9.97 Å². The van der Waals surface area contributed by atoms with E-state index in [1.54, 1.807) is 19.3 Å². The van der Waals surface area contributed by atoms with Gasteiger partial charge >= 0.3 is 0 Å². The molecule has 1 atom stereocenters. The summed E-state index contributed by atoms with van der Waals surface area (Å²) in [7, 11) is 0. The molecule has 2 heterocycles. The van der Waals surface area contributed by atoms with E-state index in [0.717, 1.165) is 37.1 Å². The highest BCUT2D eigenvalue weighted by atomic mass is 16.2. The summed E-state index contributed by atoms with van der Waals surface area (Å²) in [6.07, 6.45) is 8.04. The quantitative estimate of drug-likeness (QED) is 0.905. The second-order valence-corrected chi connectivity index (χ2v) is 7.68. The van der Waals surface area contributed by atoms with Crippen molar-refractivity contribution in [2.75, 3.05) is 13.1 Å². The number of carbonyl (C=O) groups is 2. The lowest BCUT2D eigenvalue weighted by molar-refractivity contribution is -0.134. The van der Waals surface area contributed by atoms with E-state index >= 15 is 0 Å². The monoisotopic (exact) mass is 364 g/mol. The number of likely N-dealkylation sites (tertiary alicyclic amines) is 1. The van der Waals surface area contributed by atoms with Crippen LogP contribution in [0, 0.1) is 5.41 Å². The Kier molecular flexibility index (Phi) is 4.64. The summed E-state index contributed by atoms with van der Waals surface area (Å²) in [5, 5.41) is 2.73. The van der Waals surface area contributed by atoms with Crippen molar-refractivity contribution >= 4 is 11.8 Å². The van der Waals surface area contributed by atoms with Gasteiger partial charge in [-0.15, -0.1) is 0 Å². The number of carbonyl (C=O) groups excluding carboxylic acids is 2. The van der Waals surface area contributed by atoms with Crippen LogP contribution in [0.1, 0.15) is 43.2 Å². The fraction of sp³-hybridized carbons (Fsp3) is 0.429. The first kappa shape index (κ1) is 17.6. The van der Waals surface area contributed by atoms with Gasteiger partial charge in [-0.1, -0.05) is 30.3 Å². The Bertz CT molecular complexity index is 821. The van der Waals surface area contributed by atoms with Crippen LogP contribution in [0.5, 0.6) is 0 Å². The van der Waals surface area contributed by atoms with Crippen LogP contribution in [0.4, 0.5) is 0 Å². The van der Waals surface area contributed by atoms with Crippen LogP contribution in [0.3, 0.4) is 0 Å². The first-order valence-electron chi connectivity index (χ1n) is 9.53. The summed E-state index contributed by atoms with van der Waals surface area (Å²) in [5.41, 5.74) is 2.36. The summed E-state index contributed by atoms with van der Waals surface area (Å²) < 4.78 is 0. The molecule has 1 aromatic heterocycles. The van der Waals surface area contributed by atoms with Gasteiger partial charge in [0.25, 0.3) is 5.91 Å². The minimum absolute atomic E-state index is 0.0280. The third kappa shape index (κ3) is 3.84. The van der Waals surface area contributed by atoms with Gasteiger partial charge < -0.3 is 10.2 Å². The molecule has 6 nitrogen and oxygen atoms in total. The number of aromatic nitrogens is 2. The Morgan fingerprint density at radius 2 is 1.63 bits per heavy atom. The molecule has 4 rings (SSSR count). The van der Waals surface area contributed by atoms with Crippen molar-refractivity contribution in [3.63, 3.8) is 0 Å². The van der Waals surface area contributed by atoms with Crippen molar-refractivity contribution in [3.05, 3.63) is 48.5 Å². The fourth-order valence-electron chi connectivity index (χ4n) is 3.70. The van der Waals surface area contributed by atoms with Crippen LogP contribution in [-0.2, 0) is 4.79 Å². The number of rotatable bonds is 4. The Morgan fingerprint density at radius 1 is 1.00 bits per heavy atom. The predicted molar refractivity (Wildman–Crippen MR) is 102 cm³/mol. The van der Waals surface area contributed by atoms with E-state index in [1.165, 1.54) is 12.8 Å². The van der Waals surface area contributed by atoms with Gasteiger partial charge in [-0.3, -0.25) is 9.59 Å². The molecule has 140 valence electrons. The first-order valence-corrected chi connectivity index (χ1v) is 9.53. The molecule has 0 radical (unpaired) electrons. The lowest BCUT2D eigenvalue weighted by Crippen LogP contribution is -2.49. The lowest BCUT2D eigenvalue weighted by atomic mass is 9.93. The van der Waals surface area contributed by atoms with Crippen LogP contribution in [0.25, 0.3) is 11.1 Å².